The molecule has 2 aliphatic heterocycles. The largest absolute Gasteiger partial charge is 0.396 e. The summed E-state index contributed by atoms with van der Waals surface area (Å²) >= 11 is 0. The molecule has 1 N–H and O–H groups in total. The molecule has 16 heavy (non-hydrogen) atoms. The molecule has 0 radical (unpaired) electrons. The first-order valence-electron chi connectivity index (χ1n) is 6.22. The van der Waals surface area contributed by atoms with E-state index in [-0.39, 0.29) is 24.4 Å². The van der Waals surface area contributed by atoms with Gasteiger partial charge in [-0.15, -0.1) is 0 Å². The summed E-state index contributed by atoms with van der Waals surface area (Å²) in [5.74, 6) is 0. The van der Waals surface area contributed by atoms with Gasteiger partial charge in [0.15, 0.2) is 0 Å². The van der Waals surface area contributed by atoms with Crippen LogP contribution in [-0.4, -0.2) is 47.2 Å². The zero-order valence-electron chi connectivity index (χ0n) is 10.5. The lowest BCUT2D eigenvalue weighted by Gasteiger charge is -2.27. The van der Waals surface area contributed by atoms with Crippen LogP contribution in [0.25, 0.3) is 0 Å². The normalized spacial score (nSPS) is 35.6. The monoisotopic (exact) mass is 229 g/mol. The summed E-state index contributed by atoms with van der Waals surface area (Å²) in [6.07, 6.45) is 3.23. The van der Waals surface area contributed by atoms with Crippen LogP contribution < -0.4 is 0 Å². The van der Waals surface area contributed by atoms with Gasteiger partial charge in [-0.1, -0.05) is 0 Å². The Labute approximate surface area is 97.5 Å². The van der Waals surface area contributed by atoms with E-state index < -0.39 is 0 Å². The van der Waals surface area contributed by atoms with E-state index in [9.17, 15) is 0 Å². The second-order valence-electron chi connectivity index (χ2n) is 5.74. The Morgan fingerprint density at radius 3 is 2.81 bits per heavy atom. The molecule has 0 unspecified atom stereocenters. The highest BCUT2D eigenvalue weighted by Crippen LogP contribution is 2.34. The zero-order chi connectivity index (χ0) is 11.8. The van der Waals surface area contributed by atoms with Crippen molar-refractivity contribution in [1.29, 1.82) is 0 Å². The molecular formula is C12H23NO3. The third kappa shape index (κ3) is 2.74. The summed E-state index contributed by atoms with van der Waals surface area (Å²) < 4.78 is 6.05. The molecule has 2 heterocycles. The zero-order valence-corrected chi connectivity index (χ0v) is 10.5. The number of aliphatic hydroxyl groups excluding tert-OH is 1. The number of hydrogen-bond acceptors (Lipinski definition) is 4. The van der Waals surface area contributed by atoms with Crippen LogP contribution in [0, 0.1) is 0 Å². The van der Waals surface area contributed by atoms with E-state index in [1.165, 1.54) is 0 Å². The topological polar surface area (TPSA) is 41.9 Å². The standard InChI is InChI=1S/C12H23NO3/c1-12(2,3)15-11-4-6-13-10(11)8-9(16-13)5-7-14/h9-11,14H,4-8H2,1-3H3/t9-,10+,11-/m0/s1. The Balaban J connectivity index is 1.90. The van der Waals surface area contributed by atoms with Crippen LogP contribution in [0.3, 0.4) is 0 Å². The van der Waals surface area contributed by atoms with Gasteiger partial charge in [0.05, 0.1) is 23.9 Å². The molecule has 0 aromatic rings. The van der Waals surface area contributed by atoms with Crippen LogP contribution in [0.1, 0.15) is 40.0 Å². The van der Waals surface area contributed by atoms with Crippen molar-refractivity contribution >= 4 is 0 Å². The molecule has 3 atom stereocenters. The van der Waals surface area contributed by atoms with Crippen LogP contribution >= 0.6 is 0 Å². The molecule has 0 aromatic carbocycles. The first kappa shape index (κ1) is 12.3. The SMILES string of the molecule is CC(C)(C)O[C@H]1CCN2O[C@@H](CCO)C[C@H]12. The lowest BCUT2D eigenvalue weighted by atomic mass is 10.0. The van der Waals surface area contributed by atoms with Crippen LogP contribution in [0.2, 0.25) is 0 Å². The van der Waals surface area contributed by atoms with Crippen molar-refractivity contribution in [3.05, 3.63) is 0 Å². The van der Waals surface area contributed by atoms with Crippen LogP contribution in [0.5, 0.6) is 0 Å². The second kappa shape index (κ2) is 4.61. The van der Waals surface area contributed by atoms with Gasteiger partial charge in [0.2, 0.25) is 0 Å². The molecule has 4 heteroatoms. The molecular weight excluding hydrogens is 206 g/mol. The van der Waals surface area contributed by atoms with E-state index in [1.807, 2.05) is 0 Å². The quantitative estimate of drug-likeness (QED) is 0.793. The maximum absolute atomic E-state index is 8.91. The molecule has 2 rings (SSSR count). The minimum Gasteiger partial charge on any atom is -0.396 e. The lowest BCUT2D eigenvalue weighted by Crippen LogP contribution is -2.35. The molecule has 4 nitrogen and oxygen atoms in total. The summed E-state index contributed by atoms with van der Waals surface area (Å²) in [6.45, 7) is 7.44. The lowest BCUT2D eigenvalue weighted by molar-refractivity contribution is -0.160. The van der Waals surface area contributed by atoms with Crippen molar-refractivity contribution in [3.8, 4) is 0 Å². The molecule has 2 aliphatic rings. The van der Waals surface area contributed by atoms with Crippen LogP contribution in [-0.2, 0) is 9.57 Å². The van der Waals surface area contributed by atoms with Gasteiger partial charge in [-0.25, -0.2) is 0 Å². The predicted molar refractivity (Wildman–Crippen MR) is 60.9 cm³/mol. The van der Waals surface area contributed by atoms with E-state index in [0.29, 0.717) is 6.04 Å². The number of nitrogens with zero attached hydrogens (tertiary/aromatic N) is 1. The fraction of sp³-hybridized carbons (Fsp3) is 1.00. The summed E-state index contributed by atoms with van der Waals surface area (Å²) in [5.41, 5.74) is -0.0876. The number of rotatable bonds is 3. The Hall–Kier alpha value is -0.160. The van der Waals surface area contributed by atoms with E-state index >= 15 is 0 Å². The summed E-state index contributed by atoms with van der Waals surface area (Å²) in [7, 11) is 0. The van der Waals surface area contributed by atoms with Gasteiger partial charge in [0, 0.05) is 13.2 Å². The molecule has 0 saturated carbocycles. The number of ether oxygens (including phenoxy) is 1. The highest BCUT2D eigenvalue weighted by molar-refractivity contribution is 4.91. The maximum Gasteiger partial charge on any atom is 0.0832 e. The molecule has 2 saturated heterocycles. The minimum absolute atomic E-state index is 0.0876. The highest BCUT2D eigenvalue weighted by atomic mass is 16.7. The van der Waals surface area contributed by atoms with E-state index in [4.69, 9.17) is 14.7 Å². The Bertz CT molecular complexity index is 239. The van der Waals surface area contributed by atoms with Crippen molar-refractivity contribution in [2.75, 3.05) is 13.2 Å². The summed E-state index contributed by atoms with van der Waals surface area (Å²) in [5, 5.41) is 11.0. The minimum atomic E-state index is -0.0876. The van der Waals surface area contributed by atoms with E-state index in [0.717, 1.165) is 25.8 Å². The average Bonchev–Trinajstić information content (AvgIpc) is 2.66. The van der Waals surface area contributed by atoms with Crippen LogP contribution in [0.15, 0.2) is 0 Å². The Morgan fingerprint density at radius 2 is 2.19 bits per heavy atom. The molecule has 0 spiro atoms. The maximum atomic E-state index is 8.91. The molecule has 2 fully saturated rings. The van der Waals surface area contributed by atoms with E-state index in [2.05, 4.69) is 25.8 Å². The molecule has 0 amide bonds. The van der Waals surface area contributed by atoms with Crippen molar-refractivity contribution in [2.24, 2.45) is 0 Å². The molecule has 94 valence electrons. The van der Waals surface area contributed by atoms with Gasteiger partial charge in [0.25, 0.3) is 0 Å². The van der Waals surface area contributed by atoms with Crippen molar-refractivity contribution in [2.45, 2.75) is 63.9 Å². The Kier molecular flexibility index (Phi) is 3.54. The third-order valence-corrected chi connectivity index (χ3v) is 3.18. The smallest absolute Gasteiger partial charge is 0.0832 e. The van der Waals surface area contributed by atoms with Gasteiger partial charge in [0.1, 0.15) is 0 Å². The number of fused-ring (bicyclic) bond motifs is 1. The first-order chi connectivity index (χ1) is 7.49. The van der Waals surface area contributed by atoms with Gasteiger partial charge in [-0.3, -0.25) is 4.84 Å². The van der Waals surface area contributed by atoms with Gasteiger partial charge in [-0.05, 0) is 40.0 Å². The van der Waals surface area contributed by atoms with E-state index in [1.54, 1.807) is 0 Å². The summed E-state index contributed by atoms with van der Waals surface area (Å²) in [6, 6.07) is 0.385. The second-order valence-corrected chi connectivity index (χ2v) is 5.74. The average molecular weight is 229 g/mol. The van der Waals surface area contributed by atoms with Crippen molar-refractivity contribution in [3.63, 3.8) is 0 Å². The third-order valence-electron chi connectivity index (χ3n) is 3.18. The predicted octanol–water partition coefficient (Wildman–Crippen LogP) is 1.33. The van der Waals surface area contributed by atoms with Gasteiger partial charge in [-0.2, -0.15) is 5.06 Å². The van der Waals surface area contributed by atoms with Crippen molar-refractivity contribution < 1.29 is 14.7 Å². The molecule has 0 aliphatic carbocycles. The highest BCUT2D eigenvalue weighted by Gasteiger charge is 2.44. The molecule has 0 bridgehead atoms. The van der Waals surface area contributed by atoms with Gasteiger partial charge >= 0.3 is 0 Å². The Morgan fingerprint density at radius 1 is 1.44 bits per heavy atom. The van der Waals surface area contributed by atoms with Crippen molar-refractivity contribution in [1.82, 2.24) is 5.06 Å². The fourth-order valence-electron chi connectivity index (χ4n) is 2.61. The first-order valence-corrected chi connectivity index (χ1v) is 6.22. The number of hydroxylamine groups is 2. The fourth-order valence-corrected chi connectivity index (χ4v) is 2.61. The summed E-state index contributed by atoms with van der Waals surface area (Å²) in [4.78, 5) is 5.76. The molecule has 0 aromatic heterocycles. The van der Waals surface area contributed by atoms with Gasteiger partial charge < -0.3 is 9.84 Å². The number of aliphatic hydroxyl groups is 1. The van der Waals surface area contributed by atoms with Crippen LogP contribution in [0.4, 0.5) is 0 Å². The number of hydrogen-bond donors (Lipinski definition) is 1.